The van der Waals surface area contributed by atoms with E-state index < -0.39 is 0 Å². The quantitative estimate of drug-likeness (QED) is 0.0939. The van der Waals surface area contributed by atoms with Crippen LogP contribution in [0.4, 0.5) is 17.1 Å². The largest absolute Gasteiger partial charge is 0.397 e. The molecule has 7 N–H and O–H groups in total. The fraction of sp³-hybridized carbons (Fsp3) is 0.276. The Hall–Kier alpha value is -4.77. The SMILES string of the molecule is Cc1[nH]c(/C=N/N=C2\C(=O)Nc3cc(CO)ccc32)c(C)c1C(=O)NCCCCCC(=O)Nc1ccccc1N. The molecule has 0 fully saturated rings. The number of rotatable bonds is 11. The second-order valence-corrected chi connectivity index (χ2v) is 9.55. The van der Waals surface area contributed by atoms with Crippen LogP contribution >= 0.6 is 0 Å². The zero-order valence-electron chi connectivity index (χ0n) is 22.5. The third kappa shape index (κ3) is 6.62. The lowest BCUT2D eigenvalue weighted by Crippen LogP contribution is -2.25. The van der Waals surface area contributed by atoms with E-state index in [9.17, 15) is 19.5 Å². The summed E-state index contributed by atoms with van der Waals surface area (Å²) in [5, 5.41) is 25.9. The predicted octanol–water partition coefficient (Wildman–Crippen LogP) is 3.41. The van der Waals surface area contributed by atoms with Gasteiger partial charge in [0.25, 0.3) is 11.8 Å². The van der Waals surface area contributed by atoms with Crippen molar-refractivity contribution in [2.45, 2.75) is 46.1 Å². The average molecular weight is 544 g/mol. The summed E-state index contributed by atoms with van der Waals surface area (Å²) < 4.78 is 0. The number of hydrogen-bond acceptors (Lipinski definition) is 7. The molecule has 0 atom stereocenters. The maximum atomic E-state index is 12.8. The molecule has 208 valence electrons. The lowest BCUT2D eigenvalue weighted by atomic mass is 10.1. The lowest BCUT2D eigenvalue weighted by Gasteiger charge is -2.08. The third-order valence-corrected chi connectivity index (χ3v) is 6.63. The summed E-state index contributed by atoms with van der Waals surface area (Å²) in [6.07, 6.45) is 4.09. The molecule has 0 spiro atoms. The molecule has 11 heteroatoms. The third-order valence-electron chi connectivity index (χ3n) is 6.63. The van der Waals surface area contributed by atoms with Crippen LogP contribution in [0.5, 0.6) is 0 Å². The molecule has 40 heavy (non-hydrogen) atoms. The van der Waals surface area contributed by atoms with E-state index in [0.29, 0.717) is 64.5 Å². The molecule has 0 saturated heterocycles. The summed E-state index contributed by atoms with van der Waals surface area (Å²) in [4.78, 5) is 40.4. The number of para-hydroxylation sites is 2. The maximum Gasteiger partial charge on any atom is 0.276 e. The number of aryl methyl sites for hydroxylation is 1. The molecule has 1 aromatic heterocycles. The highest BCUT2D eigenvalue weighted by atomic mass is 16.3. The average Bonchev–Trinajstić information content (AvgIpc) is 3.40. The number of aromatic nitrogens is 1. The Kier molecular flexibility index (Phi) is 9.07. The Morgan fingerprint density at radius 3 is 2.67 bits per heavy atom. The van der Waals surface area contributed by atoms with Crippen LogP contribution in [0.25, 0.3) is 0 Å². The van der Waals surface area contributed by atoms with Crippen molar-refractivity contribution in [1.82, 2.24) is 10.3 Å². The molecule has 0 unspecified atom stereocenters. The standard InChI is InChI=1S/C29H33N7O4/c1-17-24(15-32-36-27-20-12-11-19(16-37)14-23(20)35-29(27)40)33-18(2)26(17)28(39)31-13-7-3-4-10-25(38)34-22-9-6-5-8-21(22)30/h5-6,8-9,11-12,14-15,33,37H,3-4,7,10,13,16,30H2,1-2H3,(H,31,39)(H,34,38)(H,35,36,40)/b32-15+. The second kappa shape index (κ2) is 12.9. The van der Waals surface area contributed by atoms with E-state index in [4.69, 9.17) is 5.73 Å². The molecule has 3 amide bonds. The van der Waals surface area contributed by atoms with Gasteiger partial charge in [0, 0.05) is 24.2 Å². The number of hydrogen-bond donors (Lipinski definition) is 6. The lowest BCUT2D eigenvalue weighted by molar-refractivity contribution is -0.116. The molecule has 1 aliphatic heterocycles. The van der Waals surface area contributed by atoms with Crippen molar-refractivity contribution in [3.8, 4) is 0 Å². The number of nitrogens with one attached hydrogen (secondary N) is 4. The van der Waals surface area contributed by atoms with Crippen LogP contribution in [0.2, 0.25) is 0 Å². The maximum absolute atomic E-state index is 12.8. The van der Waals surface area contributed by atoms with Gasteiger partial charge in [-0.3, -0.25) is 14.4 Å². The number of anilines is 3. The van der Waals surface area contributed by atoms with E-state index in [0.717, 1.165) is 18.4 Å². The fourth-order valence-electron chi connectivity index (χ4n) is 4.49. The first-order chi connectivity index (χ1) is 19.3. The van der Waals surface area contributed by atoms with E-state index in [2.05, 4.69) is 31.1 Å². The van der Waals surface area contributed by atoms with Gasteiger partial charge >= 0.3 is 0 Å². The first-order valence-electron chi connectivity index (χ1n) is 13.1. The van der Waals surface area contributed by atoms with Crippen LogP contribution in [0.15, 0.2) is 52.7 Å². The van der Waals surface area contributed by atoms with Crippen LogP contribution in [0.1, 0.15) is 64.1 Å². The van der Waals surface area contributed by atoms with Gasteiger partial charge in [0.15, 0.2) is 5.71 Å². The van der Waals surface area contributed by atoms with E-state index in [-0.39, 0.29) is 30.0 Å². The van der Waals surface area contributed by atoms with Gasteiger partial charge in [0.05, 0.1) is 41.1 Å². The van der Waals surface area contributed by atoms with Crippen molar-refractivity contribution in [1.29, 1.82) is 0 Å². The topological polar surface area (TPSA) is 174 Å². The Labute approximate surface area is 232 Å². The first kappa shape index (κ1) is 28.2. The monoisotopic (exact) mass is 543 g/mol. The summed E-state index contributed by atoms with van der Waals surface area (Å²) in [7, 11) is 0. The van der Waals surface area contributed by atoms with Gasteiger partial charge in [-0.05, 0) is 56.0 Å². The van der Waals surface area contributed by atoms with Crippen LogP contribution in [0.3, 0.4) is 0 Å². The van der Waals surface area contributed by atoms with Crippen LogP contribution in [-0.4, -0.2) is 46.3 Å². The predicted molar refractivity (Wildman–Crippen MR) is 156 cm³/mol. The normalized spacial score (nSPS) is 13.5. The number of fused-ring (bicyclic) bond motifs is 1. The van der Waals surface area contributed by atoms with E-state index in [1.807, 2.05) is 26.0 Å². The van der Waals surface area contributed by atoms with E-state index in [1.165, 1.54) is 6.21 Å². The number of unbranched alkanes of at least 4 members (excludes halogenated alkanes) is 2. The zero-order chi connectivity index (χ0) is 28.6. The van der Waals surface area contributed by atoms with Crippen molar-refractivity contribution in [2.24, 2.45) is 10.2 Å². The number of benzene rings is 2. The Balaban J connectivity index is 1.26. The summed E-state index contributed by atoms with van der Waals surface area (Å²) in [6, 6.07) is 12.3. The molecule has 11 nitrogen and oxygen atoms in total. The van der Waals surface area contributed by atoms with Gasteiger partial charge in [-0.1, -0.05) is 30.7 Å². The van der Waals surface area contributed by atoms with Crippen molar-refractivity contribution < 1.29 is 19.5 Å². The number of carbonyl (C=O) groups excluding carboxylic acids is 3. The molecule has 0 radical (unpaired) electrons. The minimum atomic E-state index is -0.372. The summed E-state index contributed by atoms with van der Waals surface area (Å²) in [5.74, 6) is -0.657. The Morgan fingerprint density at radius 1 is 1.10 bits per heavy atom. The molecule has 1 aliphatic rings. The molecular weight excluding hydrogens is 510 g/mol. The molecular formula is C29H33N7O4. The van der Waals surface area contributed by atoms with Crippen LogP contribution < -0.4 is 21.7 Å². The minimum Gasteiger partial charge on any atom is -0.397 e. The van der Waals surface area contributed by atoms with Gasteiger partial charge in [-0.25, -0.2) is 0 Å². The molecule has 3 aromatic rings. The van der Waals surface area contributed by atoms with Gasteiger partial charge in [0.1, 0.15) is 0 Å². The van der Waals surface area contributed by atoms with E-state index in [1.54, 1.807) is 30.3 Å². The number of H-pyrrole nitrogens is 1. The van der Waals surface area contributed by atoms with Gasteiger partial charge < -0.3 is 31.8 Å². The minimum absolute atomic E-state index is 0.0894. The van der Waals surface area contributed by atoms with Crippen molar-refractivity contribution in [3.05, 3.63) is 76.1 Å². The number of nitrogens with zero attached hydrogens (tertiary/aromatic N) is 2. The smallest absolute Gasteiger partial charge is 0.276 e. The fourth-order valence-corrected chi connectivity index (χ4v) is 4.49. The Bertz CT molecular complexity index is 1490. The first-order valence-corrected chi connectivity index (χ1v) is 13.1. The number of nitrogen functional groups attached to an aromatic ring is 1. The number of aliphatic hydroxyl groups is 1. The van der Waals surface area contributed by atoms with Gasteiger partial charge in [-0.15, -0.1) is 5.10 Å². The van der Waals surface area contributed by atoms with Crippen LogP contribution in [0, 0.1) is 13.8 Å². The molecule has 4 rings (SSSR count). The molecule has 0 aliphatic carbocycles. The number of amides is 3. The Morgan fingerprint density at radius 2 is 1.90 bits per heavy atom. The van der Waals surface area contributed by atoms with Crippen molar-refractivity contribution >= 4 is 46.7 Å². The van der Waals surface area contributed by atoms with Crippen LogP contribution in [-0.2, 0) is 16.2 Å². The number of aromatic amines is 1. The molecule has 0 bridgehead atoms. The van der Waals surface area contributed by atoms with Crippen molar-refractivity contribution in [2.75, 3.05) is 22.9 Å². The number of nitrogens with two attached hydrogens (primary N) is 1. The number of aliphatic hydroxyl groups excluding tert-OH is 1. The summed E-state index contributed by atoms with van der Waals surface area (Å²) in [6.45, 7) is 3.99. The highest BCUT2D eigenvalue weighted by molar-refractivity contribution is 6.53. The molecule has 2 aromatic carbocycles. The second-order valence-electron chi connectivity index (χ2n) is 9.55. The van der Waals surface area contributed by atoms with Gasteiger partial charge in [0.2, 0.25) is 5.91 Å². The summed E-state index contributed by atoms with van der Waals surface area (Å²) >= 11 is 0. The molecule has 0 saturated carbocycles. The highest BCUT2D eigenvalue weighted by Gasteiger charge is 2.26. The summed E-state index contributed by atoms with van der Waals surface area (Å²) in [5.41, 5.74) is 11.6. The highest BCUT2D eigenvalue weighted by Crippen LogP contribution is 2.25. The van der Waals surface area contributed by atoms with Crippen molar-refractivity contribution in [3.63, 3.8) is 0 Å². The van der Waals surface area contributed by atoms with Gasteiger partial charge in [-0.2, -0.15) is 5.10 Å². The zero-order valence-corrected chi connectivity index (χ0v) is 22.5. The van der Waals surface area contributed by atoms with E-state index >= 15 is 0 Å². The molecule has 2 heterocycles. The number of carbonyl (C=O) groups is 3.